The molecule has 1 aromatic carbocycles. The van der Waals surface area contributed by atoms with Gasteiger partial charge in [-0.1, -0.05) is 12.1 Å². The molecule has 5 amide bonds. The highest BCUT2D eigenvalue weighted by Crippen LogP contribution is 2.20. The molecule has 4 N–H and O–H groups in total. The van der Waals surface area contributed by atoms with E-state index in [0.717, 1.165) is 0 Å². The summed E-state index contributed by atoms with van der Waals surface area (Å²) in [6.07, 6.45) is 0.774. The van der Waals surface area contributed by atoms with Crippen molar-refractivity contribution in [3.63, 3.8) is 0 Å². The van der Waals surface area contributed by atoms with E-state index in [1.54, 1.807) is 24.6 Å². The van der Waals surface area contributed by atoms with Gasteiger partial charge in [-0.05, 0) is 44.2 Å². The van der Waals surface area contributed by atoms with Crippen molar-refractivity contribution in [1.29, 1.82) is 0 Å². The van der Waals surface area contributed by atoms with Gasteiger partial charge in [0.05, 0.1) is 44.6 Å². The van der Waals surface area contributed by atoms with Crippen LogP contribution < -0.4 is 29.6 Å². The van der Waals surface area contributed by atoms with Gasteiger partial charge in [0.25, 0.3) is 26.0 Å². The standard InChI is InChI=1S/C17H18N4O6S.C15H18N6O6S/c1-10-7-11(2)19-16(18-10)20-17(23)21-28(24,25)14-6-4-3-5-13(14)15(22)27-12-8-26-9-12;1-21(2)13(22)9-6-5-7-16-12(9)28(24,25)20-15(23)19-14-17-10(26-3)8-11(18-14)27-4/h3-7,12H,8-9H2,1-2H3,(H2,18,19,20,21,23);5-8H,1-4H3,(H2,17,18,19,20,23). The minimum Gasteiger partial charge on any atom is -0.481 e. The fourth-order valence-corrected chi connectivity index (χ4v) is 6.57. The number of nitrogens with one attached hydrogen (secondary N) is 4. The molecule has 0 atom stereocenters. The largest absolute Gasteiger partial charge is 0.481 e. The number of carbonyl (C=O) groups excluding carboxylic acids is 4. The molecule has 1 saturated heterocycles. The third-order valence-electron chi connectivity index (χ3n) is 6.92. The van der Waals surface area contributed by atoms with Crippen molar-refractivity contribution < 1.29 is 55.0 Å². The van der Waals surface area contributed by atoms with Gasteiger partial charge in [0.2, 0.25) is 23.7 Å². The molecule has 24 heteroatoms. The number of amides is 5. The third kappa shape index (κ3) is 11.2. The first-order chi connectivity index (χ1) is 26.4. The monoisotopic (exact) mass is 816 g/mol. The zero-order valence-corrected chi connectivity index (χ0v) is 32.2. The van der Waals surface area contributed by atoms with Gasteiger partial charge in [-0.3, -0.25) is 15.4 Å². The SMILES string of the molecule is COc1cc(OC)nc(NC(=O)NS(=O)(=O)c2ncccc2C(=O)N(C)C)n1.Cc1cc(C)nc(NC(=O)NS(=O)(=O)c2ccccc2C(=O)OC2COC2)n1. The summed E-state index contributed by atoms with van der Waals surface area (Å²) < 4.78 is 73.9. The van der Waals surface area contributed by atoms with Crippen LogP contribution in [0.5, 0.6) is 11.8 Å². The van der Waals surface area contributed by atoms with Gasteiger partial charge in [-0.25, -0.2) is 47.2 Å². The van der Waals surface area contributed by atoms with Crippen molar-refractivity contribution in [3.8, 4) is 11.8 Å². The number of rotatable bonds is 11. The Morgan fingerprint density at radius 1 is 0.750 bits per heavy atom. The number of hydrogen-bond acceptors (Lipinski definition) is 17. The molecule has 0 bridgehead atoms. The molecule has 0 radical (unpaired) electrons. The number of sulfonamides is 2. The lowest BCUT2D eigenvalue weighted by molar-refractivity contribution is -0.103. The van der Waals surface area contributed by atoms with Crippen LogP contribution in [0.2, 0.25) is 0 Å². The van der Waals surface area contributed by atoms with Gasteiger partial charge >= 0.3 is 18.0 Å². The molecule has 0 spiro atoms. The van der Waals surface area contributed by atoms with Gasteiger partial charge in [0.15, 0.2) is 5.03 Å². The maximum Gasteiger partial charge on any atom is 0.339 e. The Balaban J connectivity index is 0.000000249. The number of nitrogens with zero attached hydrogens (tertiary/aromatic N) is 6. The lowest BCUT2D eigenvalue weighted by atomic mass is 10.2. The third-order valence-corrected chi connectivity index (χ3v) is 9.60. The molecule has 0 saturated carbocycles. The second kappa shape index (κ2) is 18.2. The maximum atomic E-state index is 12.6. The Kier molecular flexibility index (Phi) is 13.7. The minimum atomic E-state index is -4.46. The Bertz CT molecular complexity index is 2300. The summed E-state index contributed by atoms with van der Waals surface area (Å²) >= 11 is 0. The molecule has 3 aromatic heterocycles. The molecule has 4 heterocycles. The van der Waals surface area contributed by atoms with E-state index in [2.05, 4.69) is 35.6 Å². The fraction of sp³-hybridized carbons (Fsp3) is 0.281. The molecule has 56 heavy (non-hydrogen) atoms. The summed E-state index contributed by atoms with van der Waals surface area (Å²) in [5, 5.41) is 3.83. The van der Waals surface area contributed by atoms with E-state index in [1.807, 2.05) is 4.72 Å². The van der Waals surface area contributed by atoms with Crippen LogP contribution in [0.15, 0.2) is 64.6 Å². The topological polar surface area (TPSA) is 289 Å². The van der Waals surface area contributed by atoms with Crippen LogP contribution in [-0.4, -0.2) is 118 Å². The van der Waals surface area contributed by atoms with Crippen molar-refractivity contribution in [2.45, 2.75) is 29.9 Å². The van der Waals surface area contributed by atoms with Crippen LogP contribution >= 0.6 is 0 Å². The van der Waals surface area contributed by atoms with Crippen LogP contribution in [0.4, 0.5) is 21.5 Å². The number of carbonyl (C=O) groups is 4. The van der Waals surface area contributed by atoms with Gasteiger partial charge in [-0.2, -0.15) is 18.4 Å². The Morgan fingerprint density at radius 2 is 1.29 bits per heavy atom. The average Bonchev–Trinajstić information content (AvgIpc) is 3.11. The molecule has 1 aliphatic heterocycles. The second-order valence-electron chi connectivity index (χ2n) is 11.5. The maximum absolute atomic E-state index is 12.6. The molecular formula is C32H36N10O12S2. The number of pyridine rings is 1. The highest BCUT2D eigenvalue weighted by Gasteiger charge is 2.30. The highest BCUT2D eigenvalue weighted by atomic mass is 32.2. The zero-order chi connectivity index (χ0) is 41.2. The van der Waals surface area contributed by atoms with Crippen molar-refractivity contribution >= 4 is 55.9 Å². The number of urea groups is 2. The van der Waals surface area contributed by atoms with E-state index in [0.29, 0.717) is 11.4 Å². The number of hydrogen-bond donors (Lipinski definition) is 4. The Morgan fingerprint density at radius 3 is 1.82 bits per heavy atom. The van der Waals surface area contributed by atoms with E-state index in [4.69, 9.17) is 18.9 Å². The molecule has 1 aliphatic rings. The molecule has 298 valence electrons. The zero-order valence-electron chi connectivity index (χ0n) is 30.6. The van der Waals surface area contributed by atoms with E-state index < -0.39 is 55.1 Å². The second-order valence-corrected chi connectivity index (χ2v) is 14.7. The minimum absolute atomic E-state index is 0.0390. The fourth-order valence-electron chi connectivity index (χ4n) is 4.43. The van der Waals surface area contributed by atoms with E-state index in [-0.39, 0.29) is 52.9 Å². The van der Waals surface area contributed by atoms with Crippen molar-refractivity contribution in [1.82, 2.24) is 39.3 Å². The van der Waals surface area contributed by atoms with Gasteiger partial charge in [0.1, 0.15) is 11.0 Å². The van der Waals surface area contributed by atoms with Crippen LogP contribution in [0.25, 0.3) is 0 Å². The Hall–Kier alpha value is -6.53. The van der Waals surface area contributed by atoms with E-state index in [1.165, 1.54) is 81.9 Å². The first kappa shape index (κ1) is 42.2. The smallest absolute Gasteiger partial charge is 0.339 e. The highest BCUT2D eigenvalue weighted by molar-refractivity contribution is 7.90. The summed E-state index contributed by atoms with van der Waals surface area (Å²) in [5.41, 5.74) is 0.849. The number of aryl methyl sites for hydroxylation is 2. The van der Waals surface area contributed by atoms with Crippen LogP contribution in [0.3, 0.4) is 0 Å². The molecule has 22 nitrogen and oxygen atoms in total. The average molecular weight is 817 g/mol. The van der Waals surface area contributed by atoms with Gasteiger partial charge in [0, 0.05) is 31.7 Å². The van der Waals surface area contributed by atoms with Crippen molar-refractivity contribution in [2.75, 3.05) is 52.2 Å². The molecule has 4 aromatic rings. The van der Waals surface area contributed by atoms with Crippen LogP contribution in [-0.2, 0) is 29.5 Å². The molecular weight excluding hydrogens is 781 g/mol. The first-order valence-corrected chi connectivity index (χ1v) is 18.9. The molecule has 5 rings (SSSR count). The summed E-state index contributed by atoms with van der Waals surface area (Å²) in [6, 6.07) is 8.99. The van der Waals surface area contributed by atoms with Crippen molar-refractivity contribution in [3.05, 3.63) is 77.2 Å². The predicted octanol–water partition coefficient (Wildman–Crippen LogP) is 1.26. The van der Waals surface area contributed by atoms with Crippen LogP contribution in [0, 0.1) is 13.8 Å². The Labute approximate surface area is 320 Å². The van der Waals surface area contributed by atoms with Gasteiger partial charge < -0.3 is 23.8 Å². The van der Waals surface area contributed by atoms with Gasteiger partial charge in [-0.15, -0.1) is 0 Å². The normalized spacial score (nSPS) is 12.4. The number of benzene rings is 1. The number of esters is 1. The summed E-state index contributed by atoms with van der Waals surface area (Å²) in [7, 11) is -3.20. The number of methoxy groups -OCH3 is 2. The van der Waals surface area contributed by atoms with Crippen LogP contribution in [0.1, 0.15) is 32.1 Å². The quantitative estimate of drug-likeness (QED) is 0.155. The van der Waals surface area contributed by atoms with E-state index in [9.17, 15) is 36.0 Å². The number of anilines is 2. The molecule has 0 unspecified atom stereocenters. The number of ether oxygens (including phenoxy) is 4. The summed E-state index contributed by atoms with van der Waals surface area (Å²) in [5.74, 6) is -1.51. The lowest BCUT2D eigenvalue weighted by Crippen LogP contribution is -2.39. The van der Waals surface area contributed by atoms with E-state index >= 15 is 0 Å². The summed E-state index contributed by atoms with van der Waals surface area (Å²) in [6.45, 7) is 3.95. The predicted molar refractivity (Wildman–Crippen MR) is 194 cm³/mol. The molecule has 1 fully saturated rings. The molecule has 0 aliphatic carbocycles. The van der Waals surface area contributed by atoms with Crippen molar-refractivity contribution in [2.24, 2.45) is 0 Å². The number of aromatic nitrogens is 5. The lowest BCUT2D eigenvalue weighted by Gasteiger charge is -2.25. The summed E-state index contributed by atoms with van der Waals surface area (Å²) in [4.78, 5) is 69.0. The first-order valence-electron chi connectivity index (χ1n) is 15.9.